The van der Waals surface area contributed by atoms with E-state index < -0.39 is 0 Å². The fourth-order valence-corrected chi connectivity index (χ4v) is 2.09. The molecule has 0 bridgehead atoms. The number of rotatable bonds is 2. The maximum Gasteiger partial charge on any atom is 0.141 e. The summed E-state index contributed by atoms with van der Waals surface area (Å²) in [5.41, 5.74) is 6.49. The summed E-state index contributed by atoms with van der Waals surface area (Å²) >= 11 is 15.4. The minimum atomic E-state index is 0.401. The summed E-state index contributed by atoms with van der Waals surface area (Å²) in [6.45, 7) is 0. The van der Waals surface area contributed by atoms with Gasteiger partial charge in [-0.15, -0.1) is 0 Å². The summed E-state index contributed by atoms with van der Waals surface area (Å²) in [6.07, 6.45) is 2.07. The summed E-state index contributed by atoms with van der Waals surface area (Å²) in [4.78, 5) is 8.31. The van der Waals surface area contributed by atoms with Gasteiger partial charge < -0.3 is 5.73 Å². The van der Waals surface area contributed by atoms with Gasteiger partial charge in [-0.1, -0.05) is 29.3 Å². The normalized spacial score (nSPS) is 10.5. The standard InChI is InChI=1S/C11H8BrCl2N3/c12-7-5-16-10(17-11(7)15)4-6-8(13)2-1-3-9(6)14/h1-3,5H,4H2,(H2,15,16,17). The number of nitrogens with zero attached hydrogens (tertiary/aromatic N) is 2. The molecule has 6 heteroatoms. The highest BCUT2D eigenvalue weighted by molar-refractivity contribution is 9.10. The SMILES string of the molecule is Nc1nc(Cc2c(Cl)cccc2Cl)ncc1Br. The topological polar surface area (TPSA) is 51.8 Å². The van der Waals surface area contributed by atoms with E-state index in [1.165, 1.54) is 0 Å². The lowest BCUT2D eigenvalue weighted by molar-refractivity contribution is 0.969. The number of halogens is 3. The van der Waals surface area contributed by atoms with Crippen molar-refractivity contribution < 1.29 is 0 Å². The number of anilines is 1. The number of nitrogen functional groups attached to an aromatic ring is 1. The fraction of sp³-hybridized carbons (Fsp3) is 0.0909. The molecule has 2 aromatic rings. The molecule has 0 amide bonds. The third-order valence-electron chi connectivity index (χ3n) is 2.22. The van der Waals surface area contributed by atoms with E-state index in [2.05, 4.69) is 25.9 Å². The Morgan fingerprint density at radius 1 is 1.24 bits per heavy atom. The van der Waals surface area contributed by atoms with Crippen molar-refractivity contribution in [1.82, 2.24) is 9.97 Å². The van der Waals surface area contributed by atoms with Gasteiger partial charge in [0.05, 0.1) is 4.47 Å². The molecule has 1 aromatic carbocycles. The summed E-state index contributed by atoms with van der Waals surface area (Å²) in [5, 5.41) is 1.20. The van der Waals surface area contributed by atoms with Gasteiger partial charge in [-0.3, -0.25) is 0 Å². The molecule has 0 unspecified atom stereocenters. The molecule has 0 saturated heterocycles. The third-order valence-corrected chi connectivity index (χ3v) is 3.54. The van der Waals surface area contributed by atoms with Crippen LogP contribution in [0.5, 0.6) is 0 Å². The summed E-state index contributed by atoms with van der Waals surface area (Å²) in [5.74, 6) is 0.985. The first-order chi connectivity index (χ1) is 8.08. The van der Waals surface area contributed by atoms with Gasteiger partial charge in [0.2, 0.25) is 0 Å². The number of hydrogen-bond acceptors (Lipinski definition) is 3. The van der Waals surface area contributed by atoms with Gasteiger partial charge in [0.25, 0.3) is 0 Å². The van der Waals surface area contributed by atoms with Gasteiger partial charge in [0, 0.05) is 22.7 Å². The summed E-state index contributed by atoms with van der Waals surface area (Å²) in [6, 6.07) is 5.36. The molecule has 3 nitrogen and oxygen atoms in total. The Labute approximate surface area is 117 Å². The first-order valence-corrected chi connectivity index (χ1v) is 6.32. The highest BCUT2D eigenvalue weighted by Crippen LogP contribution is 2.26. The van der Waals surface area contributed by atoms with Crippen LogP contribution in [-0.2, 0) is 6.42 Å². The van der Waals surface area contributed by atoms with E-state index in [-0.39, 0.29) is 0 Å². The Morgan fingerprint density at radius 3 is 2.47 bits per heavy atom. The predicted octanol–water partition coefficient (Wildman–Crippen LogP) is 3.72. The zero-order valence-corrected chi connectivity index (χ0v) is 11.7. The molecular weight excluding hydrogens is 325 g/mol. The van der Waals surface area contributed by atoms with E-state index in [0.717, 1.165) is 5.56 Å². The quantitative estimate of drug-likeness (QED) is 0.911. The van der Waals surface area contributed by atoms with Crippen LogP contribution in [0, 0.1) is 0 Å². The van der Waals surface area contributed by atoms with E-state index in [1.807, 2.05) is 0 Å². The number of hydrogen-bond donors (Lipinski definition) is 1. The molecule has 17 heavy (non-hydrogen) atoms. The van der Waals surface area contributed by atoms with E-state index in [0.29, 0.717) is 32.6 Å². The van der Waals surface area contributed by atoms with Crippen LogP contribution in [0.15, 0.2) is 28.9 Å². The fourth-order valence-electron chi connectivity index (χ4n) is 1.36. The smallest absolute Gasteiger partial charge is 0.141 e. The molecule has 2 rings (SSSR count). The van der Waals surface area contributed by atoms with Gasteiger partial charge in [0.1, 0.15) is 11.6 Å². The van der Waals surface area contributed by atoms with E-state index in [9.17, 15) is 0 Å². The molecule has 1 heterocycles. The Hall–Kier alpha value is -0.840. The van der Waals surface area contributed by atoms with Gasteiger partial charge in [-0.2, -0.15) is 0 Å². The molecule has 0 radical (unpaired) electrons. The van der Waals surface area contributed by atoms with Crippen LogP contribution in [0.4, 0.5) is 5.82 Å². The van der Waals surface area contributed by atoms with Crippen molar-refractivity contribution in [2.24, 2.45) is 0 Å². The number of benzene rings is 1. The monoisotopic (exact) mass is 331 g/mol. The van der Waals surface area contributed by atoms with Crippen molar-refractivity contribution in [3.8, 4) is 0 Å². The largest absolute Gasteiger partial charge is 0.383 e. The molecule has 2 N–H and O–H groups in total. The van der Waals surface area contributed by atoms with Crippen LogP contribution in [-0.4, -0.2) is 9.97 Å². The zero-order chi connectivity index (χ0) is 12.4. The molecular formula is C11H8BrCl2N3. The number of aromatic nitrogens is 2. The van der Waals surface area contributed by atoms with Crippen molar-refractivity contribution in [2.45, 2.75) is 6.42 Å². The van der Waals surface area contributed by atoms with Gasteiger partial charge in [-0.25, -0.2) is 9.97 Å². The second kappa shape index (κ2) is 5.21. The second-order valence-electron chi connectivity index (χ2n) is 3.40. The summed E-state index contributed by atoms with van der Waals surface area (Å²) in [7, 11) is 0. The lowest BCUT2D eigenvalue weighted by Crippen LogP contribution is -2.01. The molecule has 0 aliphatic rings. The van der Waals surface area contributed by atoms with Gasteiger partial charge >= 0.3 is 0 Å². The molecule has 0 atom stereocenters. The van der Waals surface area contributed by atoms with E-state index in [4.69, 9.17) is 28.9 Å². The Bertz CT molecular complexity index is 540. The Balaban J connectivity index is 2.35. The second-order valence-corrected chi connectivity index (χ2v) is 5.07. The Morgan fingerprint density at radius 2 is 1.88 bits per heavy atom. The molecule has 0 saturated carbocycles. The summed E-state index contributed by atoms with van der Waals surface area (Å²) < 4.78 is 0.673. The van der Waals surface area contributed by atoms with Crippen LogP contribution in [0.25, 0.3) is 0 Å². The molecule has 0 spiro atoms. The van der Waals surface area contributed by atoms with Crippen LogP contribution < -0.4 is 5.73 Å². The molecule has 1 aromatic heterocycles. The van der Waals surface area contributed by atoms with Crippen molar-refractivity contribution in [3.63, 3.8) is 0 Å². The highest BCUT2D eigenvalue weighted by Gasteiger charge is 2.09. The first kappa shape index (κ1) is 12.6. The Kier molecular flexibility index (Phi) is 3.86. The maximum atomic E-state index is 6.07. The van der Waals surface area contributed by atoms with Crippen molar-refractivity contribution in [1.29, 1.82) is 0 Å². The van der Waals surface area contributed by atoms with Crippen molar-refractivity contribution >= 4 is 44.9 Å². The highest BCUT2D eigenvalue weighted by atomic mass is 79.9. The minimum absolute atomic E-state index is 0.401. The van der Waals surface area contributed by atoms with Crippen LogP contribution >= 0.6 is 39.1 Å². The average molecular weight is 333 g/mol. The zero-order valence-electron chi connectivity index (χ0n) is 8.62. The lowest BCUT2D eigenvalue weighted by Gasteiger charge is -2.06. The van der Waals surface area contributed by atoms with Crippen LogP contribution in [0.3, 0.4) is 0 Å². The van der Waals surface area contributed by atoms with Crippen molar-refractivity contribution in [2.75, 3.05) is 5.73 Å². The third kappa shape index (κ3) is 2.89. The van der Waals surface area contributed by atoms with E-state index in [1.54, 1.807) is 24.4 Å². The molecule has 0 fully saturated rings. The maximum absolute atomic E-state index is 6.07. The van der Waals surface area contributed by atoms with Crippen molar-refractivity contribution in [3.05, 3.63) is 50.3 Å². The lowest BCUT2D eigenvalue weighted by atomic mass is 10.1. The van der Waals surface area contributed by atoms with Crippen LogP contribution in [0.1, 0.15) is 11.4 Å². The average Bonchev–Trinajstić information content (AvgIpc) is 2.28. The minimum Gasteiger partial charge on any atom is -0.383 e. The van der Waals surface area contributed by atoms with Gasteiger partial charge in [-0.05, 0) is 33.6 Å². The van der Waals surface area contributed by atoms with Gasteiger partial charge in [0.15, 0.2) is 0 Å². The predicted molar refractivity (Wildman–Crippen MR) is 73.4 cm³/mol. The molecule has 0 aliphatic carbocycles. The molecule has 88 valence electrons. The number of nitrogens with two attached hydrogens (primary N) is 1. The van der Waals surface area contributed by atoms with Crippen LogP contribution in [0.2, 0.25) is 10.0 Å². The molecule has 0 aliphatic heterocycles. The van der Waals surface area contributed by atoms with E-state index >= 15 is 0 Å². The first-order valence-electron chi connectivity index (χ1n) is 4.77.